The lowest BCUT2D eigenvalue weighted by atomic mass is 9.76. The molecule has 2 aliphatic rings. The first kappa shape index (κ1) is 12.0. The van der Waals surface area contributed by atoms with Crippen LogP contribution < -0.4 is 10.2 Å². The van der Waals surface area contributed by atoms with Crippen LogP contribution in [-0.2, 0) is 0 Å². The van der Waals surface area contributed by atoms with Crippen molar-refractivity contribution in [3.63, 3.8) is 0 Å². The molecule has 0 saturated carbocycles. The van der Waals surface area contributed by atoms with Gasteiger partial charge in [-0.1, -0.05) is 26.0 Å². The molecule has 2 unspecified atom stereocenters. The van der Waals surface area contributed by atoms with Crippen LogP contribution in [0, 0.1) is 18.3 Å². The lowest BCUT2D eigenvalue weighted by molar-refractivity contribution is 0.237. The van der Waals surface area contributed by atoms with Crippen LogP contribution in [0.2, 0.25) is 0 Å². The average Bonchev–Trinajstić information content (AvgIpc) is 2.65. The van der Waals surface area contributed by atoms with E-state index in [1.54, 1.807) is 0 Å². The van der Waals surface area contributed by atoms with E-state index in [4.69, 9.17) is 0 Å². The average molecular weight is 244 g/mol. The van der Waals surface area contributed by atoms with Crippen molar-refractivity contribution in [2.75, 3.05) is 24.5 Å². The Morgan fingerprint density at radius 3 is 2.94 bits per heavy atom. The van der Waals surface area contributed by atoms with Gasteiger partial charge in [-0.3, -0.25) is 0 Å². The molecule has 3 rings (SSSR count). The van der Waals surface area contributed by atoms with E-state index in [1.807, 2.05) is 0 Å². The van der Waals surface area contributed by atoms with Gasteiger partial charge in [0.15, 0.2) is 0 Å². The van der Waals surface area contributed by atoms with Crippen LogP contribution in [0.1, 0.15) is 25.8 Å². The van der Waals surface area contributed by atoms with Crippen molar-refractivity contribution < 1.29 is 0 Å². The Kier molecular flexibility index (Phi) is 2.86. The highest BCUT2D eigenvalue weighted by atomic mass is 15.2. The molecule has 2 saturated heterocycles. The number of benzene rings is 1. The minimum atomic E-state index is 0.438. The summed E-state index contributed by atoms with van der Waals surface area (Å²) >= 11 is 0. The van der Waals surface area contributed by atoms with E-state index < -0.39 is 0 Å². The fourth-order valence-corrected chi connectivity index (χ4v) is 3.57. The number of aryl methyl sites for hydroxylation is 1. The lowest BCUT2D eigenvalue weighted by Crippen LogP contribution is -2.47. The van der Waals surface area contributed by atoms with E-state index >= 15 is 0 Å². The van der Waals surface area contributed by atoms with Crippen LogP contribution in [-0.4, -0.2) is 25.7 Å². The van der Waals surface area contributed by atoms with E-state index in [0.717, 1.165) is 12.0 Å². The molecule has 2 heterocycles. The molecule has 2 nitrogen and oxygen atoms in total. The van der Waals surface area contributed by atoms with Crippen molar-refractivity contribution >= 4 is 5.69 Å². The molecule has 1 aromatic rings. The molecule has 1 aromatic carbocycles. The number of hydrogen-bond acceptors (Lipinski definition) is 2. The minimum absolute atomic E-state index is 0.438. The molecular formula is C16H24N2. The SMILES string of the molecule is Cc1cccc(N2CCC3NCC(C)(C)C3C2)c1. The summed E-state index contributed by atoms with van der Waals surface area (Å²) in [5, 5.41) is 3.71. The first-order chi connectivity index (χ1) is 8.56. The number of hydrogen-bond donors (Lipinski definition) is 1. The van der Waals surface area contributed by atoms with Crippen LogP contribution in [0.3, 0.4) is 0 Å². The van der Waals surface area contributed by atoms with Crippen LogP contribution in [0.5, 0.6) is 0 Å². The van der Waals surface area contributed by atoms with E-state index in [1.165, 1.54) is 37.3 Å². The number of rotatable bonds is 1. The Bertz CT molecular complexity index is 438. The van der Waals surface area contributed by atoms with Gasteiger partial charge in [0, 0.05) is 31.4 Å². The number of anilines is 1. The fourth-order valence-electron chi connectivity index (χ4n) is 3.57. The van der Waals surface area contributed by atoms with Crippen LogP contribution in [0.25, 0.3) is 0 Å². The summed E-state index contributed by atoms with van der Waals surface area (Å²) in [5.74, 6) is 0.784. The molecule has 98 valence electrons. The Balaban J connectivity index is 1.80. The van der Waals surface area contributed by atoms with E-state index in [-0.39, 0.29) is 0 Å². The van der Waals surface area contributed by atoms with Gasteiger partial charge >= 0.3 is 0 Å². The third-order valence-electron chi connectivity index (χ3n) is 4.80. The van der Waals surface area contributed by atoms with Crippen molar-refractivity contribution in [3.05, 3.63) is 29.8 Å². The highest BCUT2D eigenvalue weighted by Gasteiger charge is 2.44. The molecule has 2 aliphatic heterocycles. The largest absolute Gasteiger partial charge is 0.371 e. The molecule has 0 aliphatic carbocycles. The van der Waals surface area contributed by atoms with Gasteiger partial charge in [-0.2, -0.15) is 0 Å². The second-order valence-corrected chi connectivity index (χ2v) is 6.66. The fraction of sp³-hybridized carbons (Fsp3) is 0.625. The predicted octanol–water partition coefficient (Wildman–Crippen LogP) is 2.82. The lowest BCUT2D eigenvalue weighted by Gasteiger charge is -2.40. The summed E-state index contributed by atoms with van der Waals surface area (Å²) < 4.78 is 0. The number of nitrogens with zero attached hydrogens (tertiary/aromatic N) is 1. The number of nitrogens with one attached hydrogen (secondary N) is 1. The van der Waals surface area contributed by atoms with Crippen molar-refractivity contribution in [3.8, 4) is 0 Å². The summed E-state index contributed by atoms with van der Waals surface area (Å²) in [6.45, 7) is 10.6. The van der Waals surface area contributed by atoms with Gasteiger partial charge in [-0.15, -0.1) is 0 Å². The maximum atomic E-state index is 3.71. The van der Waals surface area contributed by atoms with Gasteiger partial charge < -0.3 is 10.2 Å². The van der Waals surface area contributed by atoms with E-state index in [2.05, 4.69) is 55.3 Å². The smallest absolute Gasteiger partial charge is 0.0368 e. The zero-order valence-electron chi connectivity index (χ0n) is 11.7. The normalized spacial score (nSPS) is 30.3. The van der Waals surface area contributed by atoms with Gasteiger partial charge in [-0.25, -0.2) is 0 Å². The predicted molar refractivity (Wildman–Crippen MR) is 77.1 cm³/mol. The molecular weight excluding hydrogens is 220 g/mol. The summed E-state index contributed by atoms with van der Waals surface area (Å²) in [6, 6.07) is 9.66. The van der Waals surface area contributed by atoms with Crippen LogP contribution >= 0.6 is 0 Å². The van der Waals surface area contributed by atoms with Crippen LogP contribution in [0.4, 0.5) is 5.69 Å². The molecule has 0 aromatic heterocycles. The maximum Gasteiger partial charge on any atom is 0.0368 e. The van der Waals surface area contributed by atoms with Gasteiger partial charge in [0.25, 0.3) is 0 Å². The second kappa shape index (κ2) is 4.27. The van der Waals surface area contributed by atoms with Gasteiger partial charge in [0.1, 0.15) is 0 Å². The highest BCUT2D eigenvalue weighted by molar-refractivity contribution is 5.49. The van der Waals surface area contributed by atoms with Crippen molar-refractivity contribution in [1.29, 1.82) is 0 Å². The first-order valence-corrected chi connectivity index (χ1v) is 7.11. The Labute approximate surface area is 110 Å². The van der Waals surface area contributed by atoms with Gasteiger partial charge in [0.2, 0.25) is 0 Å². The molecule has 18 heavy (non-hydrogen) atoms. The molecule has 2 fully saturated rings. The van der Waals surface area contributed by atoms with E-state index in [9.17, 15) is 0 Å². The Morgan fingerprint density at radius 1 is 1.33 bits per heavy atom. The topological polar surface area (TPSA) is 15.3 Å². The highest BCUT2D eigenvalue weighted by Crippen LogP contribution is 2.39. The third kappa shape index (κ3) is 2.03. The minimum Gasteiger partial charge on any atom is -0.371 e. The van der Waals surface area contributed by atoms with Crippen molar-refractivity contribution in [2.24, 2.45) is 11.3 Å². The molecule has 0 amide bonds. The number of fused-ring (bicyclic) bond motifs is 1. The van der Waals surface area contributed by atoms with E-state index in [0.29, 0.717) is 5.41 Å². The third-order valence-corrected chi connectivity index (χ3v) is 4.80. The Hall–Kier alpha value is -1.02. The number of piperidine rings is 1. The summed E-state index contributed by atoms with van der Waals surface area (Å²) in [5.41, 5.74) is 3.20. The standard InChI is InChI=1S/C16H24N2/c1-12-5-4-6-13(9-12)18-8-7-15-14(10-18)16(2,3)11-17-15/h4-6,9,14-15,17H,7-8,10-11H2,1-3H3. The first-order valence-electron chi connectivity index (χ1n) is 7.11. The molecule has 2 heteroatoms. The molecule has 2 atom stereocenters. The zero-order valence-corrected chi connectivity index (χ0v) is 11.7. The van der Waals surface area contributed by atoms with Gasteiger partial charge in [0.05, 0.1) is 0 Å². The quantitative estimate of drug-likeness (QED) is 0.817. The molecule has 0 spiro atoms. The molecule has 1 N–H and O–H groups in total. The van der Waals surface area contributed by atoms with Crippen molar-refractivity contribution in [1.82, 2.24) is 5.32 Å². The Morgan fingerprint density at radius 2 is 2.17 bits per heavy atom. The molecule has 0 radical (unpaired) electrons. The molecule has 0 bridgehead atoms. The maximum absolute atomic E-state index is 3.71. The zero-order chi connectivity index (χ0) is 12.8. The summed E-state index contributed by atoms with van der Waals surface area (Å²) in [6.07, 6.45) is 1.28. The van der Waals surface area contributed by atoms with Crippen LogP contribution in [0.15, 0.2) is 24.3 Å². The second-order valence-electron chi connectivity index (χ2n) is 6.66. The summed E-state index contributed by atoms with van der Waals surface area (Å²) in [4.78, 5) is 2.57. The monoisotopic (exact) mass is 244 g/mol. The van der Waals surface area contributed by atoms with Gasteiger partial charge in [-0.05, 0) is 42.4 Å². The van der Waals surface area contributed by atoms with Crippen molar-refractivity contribution in [2.45, 2.75) is 33.2 Å². The summed E-state index contributed by atoms with van der Waals surface area (Å²) in [7, 11) is 0.